The number of pyridine rings is 1. The number of hydrogen-bond acceptors (Lipinski definition) is 3. The number of hydrogen-bond donors (Lipinski definition) is 1. The van der Waals surface area contributed by atoms with Gasteiger partial charge in [0.25, 0.3) is 0 Å². The molecule has 25 heavy (non-hydrogen) atoms. The molecule has 1 aliphatic rings. The summed E-state index contributed by atoms with van der Waals surface area (Å²) < 4.78 is 2.15. The molecule has 0 aliphatic carbocycles. The van der Waals surface area contributed by atoms with Gasteiger partial charge in [-0.25, -0.2) is 0 Å². The predicted molar refractivity (Wildman–Crippen MR) is 99.5 cm³/mol. The lowest BCUT2D eigenvalue weighted by molar-refractivity contribution is 0.301. The summed E-state index contributed by atoms with van der Waals surface area (Å²) in [6.45, 7) is 9.76. The molecule has 1 aromatic carbocycles. The van der Waals surface area contributed by atoms with Gasteiger partial charge in [0.2, 0.25) is 0 Å². The minimum Gasteiger partial charge on any atom is -0.508 e. The standard InChI is InChI=1S/C21H23N3O/c1-13-6-5-7-17(22-13)19-18(15-8-10-16(25)11-9-15)20-14(2)21(3,4)12-24(20)23-19/h5-11,14,25H,12H2,1-4H3/t14-/m1/s1. The second kappa shape index (κ2) is 5.45. The van der Waals surface area contributed by atoms with Crippen molar-refractivity contribution in [3.8, 4) is 28.3 Å². The molecule has 0 radical (unpaired) electrons. The van der Waals surface area contributed by atoms with Gasteiger partial charge < -0.3 is 5.11 Å². The minimum absolute atomic E-state index is 0.173. The Balaban J connectivity index is 1.98. The van der Waals surface area contributed by atoms with E-state index in [2.05, 4.69) is 25.5 Å². The van der Waals surface area contributed by atoms with Crippen molar-refractivity contribution >= 4 is 0 Å². The molecule has 0 saturated carbocycles. The molecule has 4 heteroatoms. The minimum atomic E-state index is 0.173. The first kappa shape index (κ1) is 15.9. The van der Waals surface area contributed by atoms with Crippen molar-refractivity contribution in [2.75, 3.05) is 0 Å². The lowest BCUT2D eigenvalue weighted by Crippen LogP contribution is -2.17. The van der Waals surface area contributed by atoms with Crippen molar-refractivity contribution in [2.45, 2.75) is 40.2 Å². The van der Waals surface area contributed by atoms with Crippen LogP contribution in [0.25, 0.3) is 22.5 Å². The summed E-state index contributed by atoms with van der Waals surface area (Å²) in [7, 11) is 0. The van der Waals surface area contributed by atoms with Gasteiger partial charge in [0.1, 0.15) is 11.4 Å². The summed E-state index contributed by atoms with van der Waals surface area (Å²) in [6.07, 6.45) is 0. The van der Waals surface area contributed by atoms with Gasteiger partial charge in [0.15, 0.2) is 0 Å². The van der Waals surface area contributed by atoms with Crippen LogP contribution in [0.1, 0.15) is 38.1 Å². The van der Waals surface area contributed by atoms with Gasteiger partial charge in [-0.15, -0.1) is 0 Å². The number of aromatic nitrogens is 3. The van der Waals surface area contributed by atoms with Crippen molar-refractivity contribution in [3.63, 3.8) is 0 Å². The van der Waals surface area contributed by atoms with Crippen LogP contribution in [0.2, 0.25) is 0 Å². The Kier molecular flexibility index (Phi) is 3.46. The highest BCUT2D eigenvalue weighted by atomic mass is 16.3. The van der Waals surface area contributed by atoms with E-state index in [0.29, 0.717) is 5.92 Å². The largest absolute Gasteiger partial charge is 0.508 e. The molecule has 4 rings (SSSR count). The highest BCUT2D eigenvalue weighted by molar-refractivity contribution is 5.82. The Morgan fingerprint density at radius 2 is 1.84 bits per heavy atom. The average molecular weight is 333 g/mol. The SMILES string of the molecule is Cc1cccc(-c2nn3c(c2-c2ccc(O)cc2)[C@@H](C)C(C)(C)C3)n1. The molecule has 4 nitrogen and oxygen atoms in total. The number of aryl methyl sites for hydroxylation is 1. The van der Waals surface area contributed by atoms with Crippen molar-refractivity contribution in [3.05, 3.63) is 53.9 Å². The lowest BCUT2D eigenvalue weighted by atomic mass is 9.79. The fourth-order valence-electron chi connectivity index (χ4n) is 3.70. The highest BCUT2D eigenvalue weighted by Gasteiger charge is 2.40. The van der Waals surface area contributed by atoms with E-state index >= 15 is 0 Å². The molecule has 0 amide bonds. The van der Waals surface area contributed by atoms with Crippen LogP contribution in [-0.4, -0.2) is 19.9 Å². The third-order valence-electron chi connectivity index (χ3n) is 5.42. The van der Waals surface area contributed by atoms with Crippen LogP contribution in [-0.2, 0) is 6.54 Å². The van der Waals surface area contributed by atoms with Crippen molar-refractivity contribution in [1.82, 2.24) is 14.8 Å². The van der Waals surface area contributed by atoms with Gasteiger partial charge in [-0.3, -0.25) is 9.67 Å². The van der Waals surface area contributed by atoms with E-state index in [0.717, 1.165) is 34.8 Å². The van der Waals surface area contributed by atoms with Crippen LogP contribution in [0, 0.1) is 12.3 Å². The lowest BCUT2D eigenvalue weighted by Gasteiger charge is -2.23. The van der Waals surface area contributed by atoms with Gasteiger partial charge >= 0.3 is 0 Å². The van der Waals surface area contributed by atoms with E-state index in [1.807, 2.05) is 37.3 Å². The molecule has 0 fully saturated rings. The summed E-state index contributed by atoms with van der Waals surface area (Å²) >= 11 is 0. The van der Waals surface area contributed by atoms with E-state index in [9.17, 15) is 5.11 Å². The highest BCUT2D eigenvalue weighted by Crippen LogP contribution is 2.49. The van der Waals surface area contributed by atoms with Crippen LogP contribution in [0.4, 0.5) is 0 Å². The van der Waals surface area contributed by atoms with Crippen LogP contribution >= 0.6 is 0 Å². The zero-order chi connectivity index (χ0) is 17.8. The molecule has 2 aromatic heterocycles. The van der Waals surface area contributed by atoms with Gasteiger partial charge in [0, 0.05) is 23.7 Å². The van der Waals surface area contributed by atoms with Crippen LogP contribution in [0.5, 0.6) is 5.75 Å². The van der Waals surface area contributed by atoms with Gasteiger partial charge in [-0.1, -0.05) is 39.0 Å². The molecular weight excluding hydrogens is 310 g/mol. The Labute approximate surface area is 148 Å². The van der Waals surface area contributed by atoms with E-state index in [1.165, 1.54) is 5.69 Å². The third-order valence-corrected chi connectivity index (χ3v) is 5.42. The van der Waals surface area contributed by atoms with Crippen LogP contribution < -0.4 is 0 Å². The first-order chi connectivity index (χ1) is 11.9. The number of benzene rings is 1. The zero-order valence-corrected chi connectivity index (χ0v) is 15.1. The Bertz CT molecular complexity index is 938. The monoisotopic (exact) mass is 333 g/mol. The summed E-state index contributed by atoms with van der Waals surface area (Å²) in [5, 5.41) is 14.6. The fourth-order valence-corrected chi connectivity index (χ4v) is 3.70. The first-order valence-electron chi connectivity index (χ1n) is 8.71. The normalized spacial score (nSPS) is 18.3. The summed E-state index contributed by atoms with van der Waals surface area (Å²) in [6, 6.07) is 13.4. The molecule has 1 atom stereocenters. The topological polar surface area (TPSA) is 50.9 Å². The van der Waals surface area contributed by atoms with Gasteiger partial charge in [-0.05, 0) is 42.2 Å². The van der Waals surface area contributed by atoms with Crippen LogP contribution in [0.15, 0.2) is 42.5 Å². The molecule has 1 N–H and O–H groups in total. The van der Waals surface area contributed by atoms with Crippen LogP contribution in [0.3, 0.4) is 0 Å². The van der Waals surface area contributed by atoms with Gasteiger partial charge in [-0.2, -0.15) is 5.10 Å². The predicted octanol–water partition coefficient (Wildman–Crippen LogP) is 4.77. The summed E-state index contributed by atoms with van der Waals surface area (Å²) in [4.78, 5) is 4.70. The zero-order valence-electron chi connectivity index (χ0n) is 15.1. The second-order valence-corrected chi connectivity index (χ2v) is 7.69. The van der Waals surface area contributed by atoms with Gasteiger partial charge in [0.05, 0.1) is 11.4 Å². The number of rotatable bonds is 2. The third kappa shape index (κ3) is 2.53. The fraction of sp³-hybridized carbons (Fsp3) is 0.333. The molecule has 3 aromatic rings. The summed E-state index contributed by atoms with van der Waals surface area (Å²) in [5.74, 6) is 0.665. The number of aromatic hydroxyl groups is 1. The molecule has 128 valence electrons. The molecule has 1 aliphatic heterocycles. The van der Waals surface area contributed by atoms with E-state index in [4.69, 9.17) is 10.1 Å². The van der Waals surface area contributed by atoms with Crippen molar-refractivity contribution in [1.29, 1.82) is 0 Å². The number of fused-ring (bicyclic) bond motifs is 1. The molecule has 0 bridgehead atoms. The number of phenolic OH excluding ortho intramolecular Hbond substituents is 1. The maximum atomic E-state index is 9.67. The Hall–Kier alpha value is -2.62. The molecule has 3 heterocycles. The maximum absolute atomic E-state index is 9.67. The van der Waals surface area contributed by atoms with E-state index in [-0.39, 0.29) is 11.2 Å². The number of nitrogens with zero attached hydrogens (tertiary/aromatic N) is 3. The van der Waals surface area contributed by atoms with E-state index in [1.54, 1.807) is 12.1 Å². The summed E-state index contributed by atoms with van der Waals surface area (Å²) in [5.41, 5.74) is 6.44. The molecule has 0 saturated heterocycles. The quantitative estimate of drug-likeness (QED) is 0.735. The Morgan fingerprint density at radius 1 is 1.12 bits per heavy atom. The first-order valence-corrected chi connectivity index (χ1v) is 8.71. The maximum Gasteiger partial charge on any atom is 0.119 e. The Morgan fingerprint density at radius 3 is 2.52 bits per heavy atom. The number of phenols is 1. The van der Waals surface area contributed by atoms with Crippen molar-refractivity contribution < 1.29 is 5.11 Å². The molecule has 0 spiro atoms. The van der Waals surface area contributed by atoms with E-state index < -0.39 is 0 Å². The average Bonchev–Trinajstić information content (AvgIpc) is 3.02. The molecular formula is C21H23N3O. The second-order valence-electron chi connectivity index (χ2n) is 7.69. The van der Waals surface area contributed by atoms with Crippen molar-refractivity contribution in [2.24, 2.45) is 5.41 Å². The molecule has 0 unspecified atom stereocenters. The smallest absolute Gasteiger partial charge is 0.119 e.